The Kier molecular flexibility index (Phi) is 16.7. The van der Waals surface area contributed by atoms with Crippen molar-refractivity contribution in [2.24, 2.45) is 0 Å². The van der Waals surface area contributed by atoms with Crippen molar-refractivity contribution in [2.75, 3.05) is 33.0 Å². The van der Waals surface area contributed by atoms with Crippen LogP contribution < -0.4 is 0 Å². The average Bonchev–Trinajstić information content (AvgIpc) is 2.92. The van der Waals surface area contributed by atoms with E-state index in [1.54, 1.807) is 0 Å². The third-order valence-corrected chi connectivity index (χ3v) is 7.11. The predicted octanol–water partition coefficient (Wildman–Crippen LogP) is -0.435. The zero-order valence-electron chi connectivity index (χ0n) is 22.6. The van der Waals surface area contributed by atoms with Crippen LogP contribution in [0.25, 0.3) is 0 Å². The highest BCUT2D eigenvalue weighted by molar-refractivity contribution is 4.94. The maximum absolute atomic E-state index is 10.6. The van der Waals surface area contributed by atoms with Gasteiger partial charge in [-0.25, -0.2) is 0 Å². The standard InChI is InChI=1S/C26H50O12/c1-2-3-4-5-6-7-8-9-10-11-12-34-13-14-35-25-23(33)21(31)24(18(16-28)37-25)38-26-22(32)20(30)19(29)17(15-27)36-26/h17-33H,2-16H2,1H3/t17?,18?,19-,20?,21?,22?,23?,24+,25-,26-/m0/s1. The lowest BCUT2D eigenvalue weighted by molar-refractivity contribution is -0.359. The largest absolute Gasteiger partial charge is 0.394 e. The van der Waals surface area contributed by atoms with Crippen molar-refractivity contribution >= 4 is 0 Å². The predicted molar refractivity (Wildman–Crippen MR) is 135 cm³/mol. The van der Waals surface area contributed by atoms with E-state index >= 15 is 0 Å². The van der Waals surface area contributed by atoms with E-state index in [-0.39, 0.29) is 13.2 Å². The SMILES string of the molecule is CCCCCCCCCCCCOCCO[C@H]1OC(CO)[C@@H](O[C@@H]2OC(CO)[C@H](O)C(O)C2O)C(O)C1O. The second kappa shape index (κ2) is 18.8. The molecule has 0 aromatic rings. The summed E-state index contributed by atoms with van der Waals surface area (Å²) in [5, 5.41) is 70.2. The summed E-state index contributed by atoms with van der Waals surface area (Å²) < 4.78 is 27.5. The molecule has 38 heavy (non-hydrogen) atoms. The van der Waals surface area contributed by atoms with Crippen molar-refractivity contribution in [2.45, 2.75) is 133 Å². The third kappa shape index (κ3) is 10.5. The zero-order chi connectivity index (χ0) is 27.9. The molecule has 0 spiro atoms. The monoisotopic (exact) mass is 554 g/mol. The first kappa shape index (κ1) is 33.7. The van der Waals surface area contributed by atoms with Crippen LogP contribution in [0.2, 0.25) is 0 Å². The highest BCUT2D eigenvalue weighted by Crippen LogP contribution is 2.29. The normalized spacial score (nSPS) is 36.0. The summed E-state index contributed by atoms with van der Waals surface area (Å²) in [6.07, 6.45) is -2.25. The molecule has 2 aliphatic heterocycles. The average molecular weight is 555 g/mol. The van der Waals surface area contributed by atoms with E-state index in [2.05, 4.69) is 6.92 Å². The number of hydrogen-bond acceptors (Lipinski definition) is 12. The lowest BCUT2D eigenvalue weighted by atomic mass is 9.97. The summed E-state index contributed by atoms with van der Waals surface area (Å²) in [5.74, 6) is 0. The number of aliphatic hydroxyl groups is 7. The van der Waals surface area contributed by atoms with Crippen LogP contribution in [-0.2, 0) is 23.7 Å². The van der Waals surface area contributed by atoms with Gasteiger partial charge in [0.1, 0.15) is 48.8 Å². The molecule has 10 atom stereocenters. The van der Waals surface area contributed by atoms with Gasteiger partial charge in [0.2, 0.25) is 0 Å². The van der Waals surface area contributed by atoms with Gasteiger partial charge in [-0.15, -0.1) is 0 Å². The first-order chi connectivity index (χ1) is 18.3. The van der Waals surface area contributed by atoms with E-state index in [0.717, 1.165) is 12.8 Å². The molecule has 0 saturated carbocycles. The number of rotatable bonds is 19. The summed E-state index contributed by atoms with van der Waals surface area (Å²) in [6.45, 7) is 1.93. The number of ether oxygens (including phenoxy) is 5. The molecule has 7 N–H and O–H groups in total. The molecule has 6 unspecified atom stereocenters. The number of aliphatic hydroxyl groups excluding tert-OH is 7. The van der Waals surface area contributed by atoms with E-state index < -0.39 is 74.6 Å². The molecule has 0 amide bonds. The van der Waals surface area contributed by atoms with Crippen LogP contribution in [-0.4, -0.2) is 130 Å². The van der Waals surface area contributed by atoms with Crippen molar-refractivity contribution < 1.29 is 59.4 Å². The van der Waals surface area contributed by atoms with Crippen molar-refractivity contribution in [3.8, 4) is 0 Å². The summed E-state index contributed by atoms with van der Waals surface area (Å²) in [6, 6.07) is 0. The quantitative estimate of drug-likeness (QED) is 0.102. The Bertz CT molecular complexity index is 595. The van der Waals surface area contributed by atoms with Crippen LogP contribution in [0, 0.1) is 0 Å². The molecule has 0 aromatic heterocycles. The molecule has 0 bridgehead atoms. The molecule has 2 heterocycles. The number of hydrogen-bond donors (Lipinski definition) is 7. The zero-order valence-corrected chi connectivity index (χ0v) is 22.6. The summed E-state index contributed by atoms with van der Waals surface area (Å²) >= 11 is 0. The van der Waals surface area contributed by atoms with Crippen LogP contribution >= 0.6 is 0 Å². The molecule has 2 aliphatic rings. The Morgan fingerprint density at radius 3 is 1.71 bits per heavy atom. The molecule has 12 nitrogen and oxygen atoms in total. The molecule has 0 radical (unpaired) electrons. The molecule has 0 aromatic carbocycles. The second-order valence-corrected chi connectivity index (χ2v) is 10.2. The lowest BCUT2D eigenvalue weighted by Gasteiger charge is -2.45. The van der Waals surface area contributed by atoms with Crippen LogP contribution in [0.15, 0.2) is 0 Å². The third-order valence-electron chi connectivity index (χ3n) is 7.11. The Morgan fingerprint density at radius 1 is 0.553 bits per heavy atom. The van der Waals surface area contributed by atoms with E-state index in [9.17, 15) is 35.7 Å². The Hall–Kier alpha value is -0.480. The van der Waals surface area contributed by atoms with Gasteiger partial charge in [0, 0.05) is 6.61 Å². The van der Waals surface area contributed by atoms with Crippen molar-refractivity contribution in [1.29, 1.82) is 0 Å². The van der Waals surface area contributed by atoms with E-state index in [1.807, 2.05) is 0 Å². The van der Waals surface area contributed by atoms with E-state index in [0.29, 0.717) is 6.61 Å². The fourth-order valence-corrected chi connectivity index (χ4v) is 4.71. The van der Waals surface area contributed by atoms with Gasteiger partial charge >= 0.3 is 0 Å². The molecule has 0 aliphatic carbocycles. The second-order valence-electron chi connectivity index (χ2n) is 10.2. The van der Waals surface area contributed by atoms with Gasteiger partial charge in [0.05, 0.1) is 26.4 Å². The van der Waals surface area contributed by atoms with Crippen molar-refractivity contribution in [1.82, 2.24) is 0 Å². The topological polar surface area (TPSA) is 188 Å². The Morgan fingerprint density at radius 2 is 1.11 bits per heavy atom. The molecule has 226 valence electrons. The molecule has 2 fully saturated rings. The van der Waals surface area contributed by atoms with Gasteiger partial charge in [-0.2, -0.15) is 0 Å². The van der Waals surface area contributed by atoms with E-state index in [1.165, 1.54) is 51.4 Å². The highest BCUT2D eigenvalue weighted by Gasteiger charge is 2.50. The van der Waals surface area contributed by atoms with Crippen LogP contribution in [0.4, 0.5) is 0 Å². The number of unbranched alkanes of at least 4 members (excludes halogenated alkanes) is 9. The van der Waals surface area contributed by atoms with Gasteiger partial charge in [0.15, 0.2) is 12.6 Å². The smallest absolute Gasteiger partial charge is 0.187 e. The minimum atomic E-state index is -1.71. The van der Waals surface area contributed by atoms with Gasteiger partial charge in [-0.05, 0) is 6.42 Å². The highest BCUT2D eigenvalue weighted by atomic mass is 16.7. The first-order valence-corrected chi connectivity index (χ1v) is 14.1. The summed E-state index contributed by atoms with van der Waals surface area (Å²) in [7, 11) is 0. The van der Waals surface area contributed by atoms with Gasteiger partial charge in [-0.1, -0.05) is 64.7 Å². The summed E-state index contributed by atoms with van der Waals surface area (Å²) in [5.41, 5.74) is 0. The Balaban J connectivity index is 1.64. The Labute approximate surface area is 225 Å². The van der Waals surface area contributed by atoms with Crippen LogP contribution in [0.1, 0.15) is 71.1 Å². The van der Waals surface area contributed by atoms with Gasteiger partial charge in [-0.3, -0.25) is 0 Å². The van der Waals surface area contributed by atoms with E-state index in [4.69, 9.17) is 23.7 Å². The molecule has 12 heteroatoms. The van der Waals surface area contributed by atoms with Gasteiger partial charge in [0.25, 0.3) is 0 Å². The molecule has 2 saturated heterocycles. The molecular formula is C26H50O12. The lowest BCUT2D eigenvalue weighted by Crippen LogP contribution is -2.64. The van der Waals surface area contributed by atoms with Crippen LogP contribution in [0.3, 0.4) is 0 Å². The van der Waals surface area contributed by atoms with Crippen LogP contribution in [0.5, 0.6) is 0 Å². The minimum absolute atomic E-state index is 0.0998. The fourth-order valence-electron chi connectivity index (χ4n) is 4.71. The molecular weight excluding hydrogens is 504 g/mol. The van der Waals surface area contributed by atoms with Crippen molar-refractivity contribution in [3.05, 3.63) is 0 Å². The first-order valence-electron chi connectivity index (χ1n) is 14.1. The minimum Gasteiger partial charge on any atom is -0.394 e. The fraction of sp³-hybridized carbons (Fsp3) is 1.00. The maximum Gasteiger partial charge on any atom is 0.187 e. The summed E-state index contributed by atoms with van der Waals surface area (Å²) in [4.78, 5) is 0. The molecule has 2 rings (SSSR count). The maximum atomic E-state index is 10.6. The van der Waals surface area contributed by atoms with Crippen molar-refractivity contribution in [3.63, 3.8) is 0 Å². The van der Waals surface area contributed by atoms with Gasteiger partial charge < -0.3 is 59.4 Å².